The van der Waals surface area contributed by atoms with Gasteiger partial charge in [-0.15, -0.1) is 10.2 Å². The van der Waals surface area contributed by atoms with Crippen LogP contribution in [0.3, 0.4) is 0 Å². The summed E-state index contributed by atoms with van der Waals surface area (Å²) in [5.74, 6) is 0.538. The van der Waals surface area contributed by atoms with Crippen LogP contribution in [0.5, 0.6) is 0 Å². The summed E-state index contributed by atoms with van der Waals surface area (Å²) in [5, 5.41) is 10.7. The van der Waals surface area contributed by atoms with Crippen LogP contribution in [0.15, 0.2) is 36.4 Å². The number of anilines is 3. The number of hydrogen-bond donors (Lipinski definition) is 2. The first-order valence-electron chi connectivity index (χ1n) is 6.62. The van der Waals surface area contributed by atoms with Gasteiger partial charge in [0.15, 0.2) is 17.4 Å². The summed E-state index contributed by atoms with van der Waals surface area (Å²) >= 11 is 0. The molecule has 0 saturated carbocycles. The lowest BCUT2D eigenvalue weighted by Crippen LogP contribution is -2.15. The third-order valence-electron chi connectivity index (χ3n) is 2.85. The van der Waals surface area contributed by atoms with Crippen LogP contribution >= 0.6 is 0 Å². The van der Waals surface area contributed by atoms with Crippen LogP contribution in [0.1, 0.15) is 24.2 Å². The van der Waals surface area contributed by atoms with Gasteiger partial charge in [0.25, 0.3) is 0 Å². The van der Waals surface area contributed by atoms with Crippen molar-refractivity contribution in [1.29, 1.82) is 0 Å². The number of nitrogens with one attached hydrogen (secondary N) is 2. The predicted octanol–water partition coefficient (Wildman–Crippen LogP) is 2.18. The molecule has 0 aliphatic carbocycles. The van der Waals surface area contributed by atoms with E-state index in [2.05, 4.69) is 20.2 Å². The molecule has 0 aliphatic heterocycles. The summed E-state index contributed by atoms with van der Waals surface area (Å²) in [6.45, 7) is 3.03. The number of aromatic nitrogens is 2. The summed E-state index contributed by atoms with van der Waals surface area (Å²) in [5.41, 5.74) is 1.29. The normalized spacial score (nSPS) is 11.0. The summed E-state index contributed by atoms with van der Waals surface area (Å²) in [7, 11) is -3.37. The second-order valence-corrected chi connectivity index (χ2v) is 6.58. The van der Waals surface area contributed by atoms with Crippen molar-refractivity contribution in [3.8, 4) is 0 Å². The van der Waals surface area contributed by atoms with E-state index in [9.17, 15) is 13.2 Å². The fourth-order valence-corrected chi connectivity index (χ4v) is 2.22. The Bertz CT molecular complexity index is 773. The standard InChI is InChI=1S/C14H16N4O3S/c1-3-22(20,21)18-14-8-7-13(16-17-14)15-12-6-4-5-11(9-12)10(2)19/h4-9H,3H2,1-2H3,(H,15,16)(H,17,18). The molecule has 1 heterocycles. The average molecular weight is 320 g/mol. The number of rotatable bonds is 6. The van der Waals surface area contributed by atoms with Gasteiger partial charge in [0.1, 0.15) is 0 Å². The Morgan fingerprint density at radius 3 is 2.41 bits per heavy atom. The molecule has 0 aliphatic rings. The van der Waals surface area contributed by atoms with Crippen LogP contribution in [-0.4, -0.2) is 30.2 Å². The minimum atomic E-state index is -3.37. The Balaban J connectivity index is 2.11. The van der Waals surface area contributed by atoms with Gasteiger partial charge < -0.3 is 5.32 Å². The number of carbonyl (C=O) groups is 1. The van der Waals surface area contributed by atoms with Gasteiger partial charge in [0, 0.05) is 11.3 Å². The highest BCUT2D eigenvalue weighted by atomic mass is 32.2. The number of hydrogen-bond acceptors (Lipinski definition) is 6. The molecule has 116 valence electrons. The van der Waals surface area contributed by atoms with Crippen molar-refractivity contribution in [2.45, 2.75) is 13.8 Å². The van der Waals surface area contributed by atoms with Gasteiger partial charge in [-0.1, -0.05) is 12.1 Å². The van der Waals surface area contributed by atoms with Crippen LogP contribution < -0.4 is 10.0 Å². The van der Waals surface area contributed by atoms with Crippen LogP contribution in [0.2, 0.25) is 0 Å². The second-order valence-electron chi connectivity index (χ2n) is 4.57. The summed E-state index contributed by atoms with van der Waals surface area (Å²) in [4.78, 5) is 11.3. The van der Waals surface area contributed by atoms with Gasteiger partial charge >= 0.3 is 0 Å². The Hall–Kier alpha value is -2.48. The minimum Gasteiger partial charge on any atom is -0.339 e. The summed E-state index contributed by atoms with van der Waals surface area (Å²) < 4.78 is 25.1. The number of nitrogens with zero attached hydrogens (tertiary/aromatic N) is 2. The smallest absolute Gasteiger partial charge is 0.233 e. The maximum atomic E-state index is 11.4. The molecule has 1 aromatic carbocycles. The molecule has 0 saturated heterocycles. The maximum Gasteiger partial charge on any atom is 0.233 e. The molecule has 0 bridgehead atoms. The van der Waals surface area contributed by atoms with E-state index in [0.29, 0.717) is 17.1 Å². The molecule has 0 spiro atoms. The van der Waals surface area contributed by atoms with Crippen LogP contribution in [0, 0.1) is 0 Å². The monoisotopic (exact) mass is 320 g/mol. The molecule has 0 radical (unpaired) electrons. The van der Waals surface area contributed by atoms with Crippen LogP contribution in [0.4, 0.5) is 17.3 Å². The molecule has 7 nitrogen and oxygen atoms in total. The molecule has 22 heavy (non-hydrogen) atoms. The number of ketones is 1. The molecule has 1 aromatic heterocycles. The maximum absolute atomic E-state index is 11.4. The Morgan fingerprint density at radius 2 is 1.82 bits per heavy atom. The van der Waals surface area contributed by atoms with E-state index < -0.39 is 10.0 Å². The van der Waals surface area contributed by atoms with Gasteiger partial charge in [-0.05, 0) is 38.1 Å². The zero-order chi connectivity index (χ0) is 16.2. The Kier molecular flexibility index (Phi) is 4.71. The van der Waals surface area contributed by atoms with Gasteiger partial charge in [0.2, 0.25) is 10.0 Å². The van der Waals surface area contributed by atoms with Crippen molar-refractivity contribution in [3.05, 3.63) is 42.0 Å². The van der Waals surface area contributed by atoms with Gasteiger partial charge in [-0.2, -0.15) is 0 Å². The molecule has 0 fully saturated rings. The van der Waals surface area contributed by atoms with E-state index in [4.69, 9.17) is 0 Å². The molecule has 0 unspecified atom stereocenters. The first-order valence-corrected chi connectivity index (χ1v) is 8.27. The molecule has 0 atom stereocenters. The van der Waals surface area contributed by atoms with Crippen molar-refractivity contribution in [3.63, 3.8) is 0 Å². The topological polar surface area (TPSA) is 101 Å². The number of sulfonamides is 1. The van der Waals surface area contributed by atoms with E-state index in [0.717, 1.165) is 0 Å². The number of Topliss-reactive ketones (excluding diaryl/α,β-unsaturated/α-hetero) is 1. The summed E-state index contributed by atoms with van der Waals surface area (Å²) in [6, 6.07) is 10.1. The number of carbonyl (C=O) groups excluding carboxylic acids is 1. The van der Waals surface area contributed by atoms with Crippen molar-refractivity contribution in [1.82, 2.24) is 10.2 Å². The van der Waals surface area contributed by atoms with Gasteiger partial charge in [-0.3, -0.25) is 9.52 Å². The molecule has 2 rings (SSSR count). The molecular weight excluding hydrogens is 304 g/mol. The van der Waals surface area contributed by atoms with E-state index >= 15 is 0 Å². The fourth-order valence-electron chi connectivity index (χ4n) is 1.65. The average Bonchev–Trinajstić information content (AvgIpc) is 2.49. The summed E-state index contributed by atoms with van der Waals surface area (Å²) in [6.07, 6.45) is 0. The largest absolute Gasteiger partial charge is 0.339 e. The lowest BCUT2D eigenvalue weighted by molar-refractivity contribution is 0.101. The first kappa shape index (κ1) is 15.9. The molecule has 2 aromatic rings. The van der Waals surface area contributed by atoms with Crippen molar-refractivity contribution in [2.75, 3.05) is 15.8 Å². The van der Waals surface area contributed by atoms with E-state index in [-0.39, 0.29) is 17.4 Å². The molecule has 8 heteroatoms. The lowest BCUT2D eigenvalue weighted by Gasteiger charge is -2.07. The van der Waals surface area contributed by atoms with E-state index in [1.807, 2.05) is 0 Å². The SMILES string of the molecule is CCS(=O)(=O)Nc1ccc(Nc2cccc(C(C)=O)c2)nn1. The number of benzene rings is 1. The highest BCUT2D eigenvalue weighted by Crippen LogP contribution is 2.17. The zero-order valence-corrected chi connectivity index (χ0v) is 13.0. The third kappa shape index (κ3) is 4.26. The minimum absolute atomic E-state index is 0.0287. The highest BCUT2D eigenvalue weighted by molar-refractivity contribution is 7.92. The third-order valence-corrected chi connectivity index (χ3v) is 4.13. The van der Waals surface area contributed by atoms with Gasteiger partial charge in [0.05, 0.1) is 5.75 Å². The lowest BCUT2D eigenvalue weighted by atomic mass is 10.1. The van der Waals surface area contributed by atoms with Crippen LogP contribution in [-0.2, 0) is 10.0 Å². The zero-order valence-electron chi connectivity index (χ0n) is 12.2. The molecule has 2 N–H and O–H groups in total. The van der Waals surface area contributed by atoms with Gasteiger partial charge in [-0.25, -0.2) is 8.42 Å². The van der Waals surface area contributed by atoms with E-state index in [1.165, 1.54) is 19.9 Å². The van der Waals surface area contributed by atoms with Crippen LogP contribution in [0.25, 0.3) is 0 Å². The fraction of sp³-hybridized carbons (Fsp3) is 0.214. The Morgan fingerprint density at radius 1 is 1.14 bits per heavy atom. The van der Waals surface area contributed by atoms with Crippen molar-refractivity contribution >= 4 is 33.1 Å². The second kappa shape index (κ2) is 6.52. The quantitative estimate of drug-likeness (QED) is 0.791. The van der Waals surface area contributed by atoms with Crippen molar-refractivity contribution < 1.29 is 13.2 Å². The predicted molar refractivity (Wildman–Crippen MR) is 84.8 cm³/mol. The Labute approximate surface area is 128 Å². The van der Waals surface area contributed by atoms with Crippen molar-refractivity contribution in [2.24, 2.45) is 0 Å². The first-order chi connectivity index (χ1) is 10.4. The molecular formula is C14H16N4O3S. The highest BCUT2D eigenvalue weighted by Gasteiger charge is 2.08. The molecule has 0 amide bonds. The van der Waals surface area contributed by atoms with E-state index in [1.54, 1.807) is 30.3 Å².